The maximum atomic E-state index is 6.55. The molecule has 2 aliphatic rings. The molecule has 1 unspecified atom stereocenters. The summed E-state index contributed by atoms with van der Waals surface area (Å²) in [6, 6.07) is 9.45. The summed E-state index contributed by atoms with van der Waals surface area (Å²) >= 11 is 0. The number of hydrogen-bond donors (Lipinski definition) is 1. The molecule has 0 radical (unpaired) electrons. The normalized spacial score (nSPS) is 22.0. The summed E-state index contributed by atoms with van der Waals surface area (Å²) in [5.74, 6) is 0. The number of aryl methyl sites for hydroxylation is 1. The number of hydrogen-bond acceptors (Lipinski definition) is 2. The molecule has 116 valence electrons. The molecule has 0 saturated heterocycles. The SMILES string of the molecule is Cc1ccccc1C(CNC1CC1)OC1CCCCCC1. The zero-order valence-corrected chi connectivity index (χ0v) is 13.3. The van der Waals surface area contributed by atoms with E-state index >= 15 is 0 Å². The minimum absolute atomic E-state index is 0.217. The Balaban J connectivity index is 1.66. The van der Waals surface area contributed by atoms with Crippen molar-refractivity contribution in [3.05, 3.63) is 35.4 Å². The fraction of sp³-hybridized carbons (Fsp3) is 0.684. The summed E-state index contributed by atoms with van der Waals surface area (Å²) < 4.78 is 6.55. The van der Waals surface area contributed by atoms with E-state index in [0.717, 1.165) is 12.6 Å². The van der Waals surface area contributed by atoms with Crippen molar-refractivity contribution in [2.45, 2.75) is 76.5 Å². The van der Waals surface area contributed by atoms with Crippen LogP contribution in [0.3, 0.4) is 0 Å². The Labute approximate surface area is 129 Å². The third kappa shape index (κ3) is 4.55. The minimum atomic E-state index is 0.217. The topological polar surface area (TPSA) is 21.3 Å². The molecule has 0 aromatic heterocycles. The molecule has 1 N–H and O–H groups in total. The first-order valence-electron chi connectivity index (χ1n) is 8.77. The Bertz CT molecular complexity index is 433. The molecular weight excluding hydrogens is 258 g/mol. The summed E-state index contributed by atoms with van der Waals surface area (Å²) in [7, 11) is 0. The molecule has 0 spiro atoms. The van der Waals surface area contributed by atoms with Crippen LogP contribution in [0.25, 0.3) is 0 Å². The molecule has 1 aromatic rings. The Hall–Kier alpha value is -0.860. The second-order valence-corrected chi connectivity index (χ2v) is 6.78. The maximum absolute atomic E-state index is 6.55. The van der Waals surface area contributed by atoms with Gasteiger partial charge in [0.05, 0.1) is 12.2 Å². The van der Waals surface area contributed by atoms with Crippen molar-refractivity contribution in [3.63, 3.8) is 0 Å². The van der Waals surface area contributed by atoms with E-state index < -0.39 is 0 Å². The van der Waals surface area contributed by atoms with Crippen LogP contribution < -0.4 is 5.32 Å². The summed E-state index contributed by atoms with van der Waals surface area (Å²) in [5.41, 5.74) is 2.73. The van der Waals surface area contributed by atoms with E-state index in [1.54, 1.807) is 0 Å². The molecule has 0 amide bonds. The van der Waals surface area contributed by atoms with Crippen LogP contribution in [0.15, 0.2) is 24.3 Å². The number of benzene rings is 1. The molecule has 1 aromatic carbocycles. The molecule has 1 atom stereocenters. The molecule has 2 fully saturated rings. The first kappa shape index (κ1) is 15.1. The monoisotopic (exact) mass is 287 g/mol. The van der Waals surface area contributed by atoms with E-state index in [-0.39, 0.29) is 6.10 Å². The molecule has 2 heteroatoms. The van der Waals surface area contributed by atoms with Gasteiger partial charge in [0.25, 0.3) is 0 Å². The quantitative estimate of drug-likeness (QED) is 0.776. The highest BCUT2D eigenvalue weighted by atomic mass is 16.5. The standard InChI is InChI=1S/C19H29NO/c1-15-8-6-7-11-18(15)19(14-20-16-12-13-16)21-17-9-4-2-3-5-10-17/h6-8,11,16-17,19-20H,2-5,9-10,12-14H2,1H3. The Kier molecular flexibility index (Phi) is 5.32. The predicted molar refractivity (Wildman–Crippen MR) is 87.5 cm³/mol. The van der Waals surface area contributed by atoms with Crippen LogP contribution in [-0.2, 0) is 4.74 Å². The zero-order valence-electron chi connectivity index (χ0n) is 13.3. The van der Waals surface area contributed by atoms with Crippen LogP contribution in [0.5, 0.6) is 0 Å². The lowest BCUT2D eigenvalue weighted by Crippen LogP contribution is -2.28. The van der Waals surface area contributed by atoms with Gasteiger partial charge in [0.15, 0.2) is 0 Å². The van der Waals surface area contributed by atoms with Crippen molar-refractivity contribution in [2.24, 2.45) is 0 Å². The highest BCUT2D eigenvalue weighted by molar-refractivity contribution is 5.28. The summed E-state index contributed by atoms with van der Waals surface area (Å²) in [5, 5.41) is 3.66. The van der Waals surface area contributed by atoms with E-state index in [1.807, 2.05) is 0 Å². The molecule has 21 heavy (non-hydrogen) atoms. The highest BCUT2D eigenvalue weighted by Gasteiger charge is 2.25. The highest BCUT2D eigenvalue weighted by Crippen LogP contribution is 2.29. The van der Waals surface area contributed by atoms with E-state index in [0.29, 0.717) is 6.10 Å². The van der Waals surface area contributed by atoms with Crippen LogP contribution >= 0.6 is 0 Å². The Morgan fingerprint density at radius 3 is 2.43 bits per heavy atom. The molecule has 2 aliphatic carbocycles. The van der Waals surface area contributed by atoms with Crippen molar-refractivity contribution in [1.29, 1.82) is 0 Å². The van der Waals surface area contributed by atoms with E-state index in [2.05, 4.69) is 36.5 Å². The maximum Gasteiger partial charge on any atom is 0.0955 e. The van der Waals surface area contributed by atoms with Crippen LogP contribution in [0.4, 0.5) is 0 Å². The molecule has 2 nitrogen and oxygen atoms in total. The van der Waals surface area contributed by atoms with Gasteiger partial charge >= 0.3 is 0 Å². The lowest BCUT2D eigenvalue weighted by molar-refractivity contribution is -0.0205. The summed E-state index contributed by atoms with van der Waals surface area (Å²) in [6.45, 7) is 3.17. The fourth-order valence-corrected chi connectivity index (χ4v) is 3.35. The van der Waals surface area contributed by atoms with E-state index in [1.165, 1.54) is 62.5 Å². The fourth-order valence-electron chi connectivity index (χ4n) is 3.35. The molecule has 0 heterocycles. The van der Waals surface area contributed by atoms with Gasteiger partial charge in [0.1, 0.15) is 0 Å². The van der Waals surface area contributed by atoms with Gasteiger partial charge in [-0.15, -0.1) is 0 Å². The van der Waals surface area contributed by atoms with Crippen molar-refractivity contribution < 1.29 is 4.74 Å². The lowest BCUT2D eigenvalue weighted by atomic mass is 10.0. The third-order valence-corrected chi connectivity index (χ3v) is 4.86. The largest absolute Gasteiger partial charge is 0.369 e. The van der Waals surface area contributed by atoms with Crippen molar-refractivity contribution in [2.75, 3.05) is 6.54 Å². The molecule has 3 rings (SSSR count). The molecular formula is C19H29NO. The van der Waals surface area contributed by atoms with Gasteiger partial charge in [-0.3, -0.25) is 0 Å². The molecule has 0 aliphatic heterocycles. The second kappa shape index (κ2) is 7.42. The zero-order chi connectivity index (χ0) is 14.5. The Morgan fingerprint density at radius 2 is 1.76 bits per heavy atom. The summed E-state index contributed by atoms with van der Waals surface area (Å²) in [6.07, 6.45) is 11.3. The van der Waals surface area contributed by atoms with Gasteiger partial charge in [0.2, 0.25) is 0 Å². The van der Waals surface area contributed by atoms with Crippen molar-refractivity contribution in [3.8, 4) is 0 Å². The number of rotatable bonds is 6. The second-order valence-electron chi connectivity index (χ2n) is 6.78. The van der Waals surface area contributed by atoms with Gasteiger partial charge < -0.3 is 10.1 Å². The smallest absolute Gasteiger partial charge is 0.0955 e. The van der Waals surface area contributed by atoms with Gasteiger partial charge in [-0.1, -0.05) is 49.9 Å². The van der Waals surface area contributed by atoms with Gasteiger partial charge in [0, 0.05) is 12.6 Å². The van der Waals surface area contributed by atoms with Crippen molar-refractivity contribution >= 4 is 0 Å². The number of ether oxygens (including phenoxy) is 1. The molecule has 2 saturated carbocycles. The van der Waals surface area contributed by atoms with Crippen LogP contribution in [0.2, 0.25) is 0 Å². The summed E-state index contributed by atoms with van der Waals surface area (Å²) in [4.78, 5) is 0. The Morgan fingerprint density at radius 1 is 1.05 bits per heavy atom. The first-order chi connectivity index (χ1) is 10.3. The third-order valence-electron chi connectivity index (χ3n) is 4.86. The van der Waals surface area contributed by atoms with E-state index in [4.69, 9.17) is 4.74 Å². The number of nitrogens with one attached hydrogen (secondary N) is 1. The van der Waals surface area contributed by atoms with Gasteiger partial charge in [-0.25, -0.2) is 0 Å². The minimum Gasteiger partial charge on any atom is -0.369 e. The van der Waals surface area contributed by atoms with Crippen LogP contribution in [-0.4, -0.2) is 18.7 Å². The molecule has 0 bridgehead atoms. The van der Waals surface area contributed by atoms with Gasteiger partial charge in [-0.2, -0.15) is 0 Å². The van der Waals surface area contributed by atoms with Crippen LogP contribution in [0.1, 0.15) is 68.6 Å². The predicted octanol–water partition coefficient (Wildman–Crippen LogP) is 4.53. The first-order valence-corrected chi connectivity index (χ1v) is 8.77. The average Bonchev–Trinajstić information content (AvgIpc) is 3.32. The average molecular weight is 287 g/mol. The van der Waals surface area contributed by atoms with Crippen LogP contribution in [0, 0.1) is 6.92 Å². The van der Waals surface area contributed by atoms with Crippen molar-refractivity contribution in [1.82, 2.24) is 5.32 Å². The van der Waals surface area contributed by atoms with E-state index in [9.17, 15) is 0 Å². The lowest BCUT2D eigenvalue weighted by Gasteiger charge is -2.26. The van der Waals surface area contributed by atoms with Gasteiger partial charge in [-0.05, 0) is 43.7 Å².